The van der Waals surface area contributed by atoms with E-state index in [9.17, 15) is 0 Å². The fourth-order valence-corrected chi connectivity index (χ4v) is 3.27. The molecule has 22 heavy (non-hydrogen) atoms. The zero-order chi connectivity index (χ0) is 15.7. The summed E-state index contributed by atoms with van der Waals surface area (Å²) >= 11 is 0. The van der Waals surface area contributed by atoms with Gasteiger partial charge < -0.3 is 4.42 Å². The lowest BCUT2D eigenvalue weighted by Gasteiger charge is -2.37. The largest absolute Gasteiger partial charge is 0.468 e. The van der Waals surface area contributed by atoms with Gasteiger partial charge in [-0.05, 0) is 58.2 Å². The average Bonchev–Trinajstić information content (AvgIpc) is 3.10. The minimum atomic E-state index is -0.0465. The van der Waals surface area contributed by atoms with Crippen molar-refractivity contribution in [2.45, 2.75) is 58.7 Å². The number of hydrogen-bond acceptors (Lipinski definition) is 4. The van der Waals surface area contributed by atoms with Gasteiger partial charge >= 0.3 is 0 Å². The van der Waals surface area contributed by atoms with E-state index >= 15 is 0 Å². The second-order valence-corrected chi connectivity index (χ2v) is 7.39. The molecule has 3 rings (SSSR count). The fraction of sp³-hybridized carbons (Fsp3) is 0.647. The number of likely N-dealkylation sites (tertiary alicyclic amines) is 1. The van der Waals surface area contributed by atoms with Crippen molar-refractivity contribution < 1.29 is 4.42 Å². The summed E-state index contributed by atoms with van der Waals surface area (Å²) in [5.74, 6) is 2.82. The van der Waals surface area contributed by atoms with Crippen LogP contribution in [0.3, 0.4) is 0 Å². The molecule has 1 aliphatic rings. The maximum Gasteiger partial charge on any atom is 0.141 e. The van der Waals surface area contributed by atoms with Crippen molar-refractivity contribution in [3.05, 3.63) is 36.3 Å². The van der Waals surface area contributed by atoms with Gasteiger partial charge in [0, 0.05) is 0 Å². The predicted octanol–water partition coefficient (Wildman–Crippen LogP) is 3.60. The third-order valence-electron chi connectivity index (χ3n) is 4.45. The summed E-state index contributed by atoms with van der Waals surface area (Å²) in [4.78, 5) is 6.97. The average molecular weight is 302 g/mol. The van der Waals surface area contributed by atoms with Crippen molar-refractivity contribution in [3.63, 3.8) is 0 Å². The predicted molar refractivity (Wildman–Crippen MR) is 85.3 cm³/mol. The van der Waals surface area contributed by atoms with Crippen LogP contribution in [0.25, 0.3) is 0 Å². The first-order valence-corrected chi connectivity index (χ1v) is 8.12. The number of rotatable bonds is 3. The van der Waals surface area contributed by atoms with Crippen LogP contribution in [0.5, 0.6) is 0 Å². The molecule has 0 unspecified atom stereocenters. The second-order valence-electron chi connectivity index (χ2n) is 7.39. The quantitative estimate of drug-likeness (QED) is 0.869. The Bertz CT molecular complexity index is 596. The van der Waals surface area contributed by atoms with Crippen molar-refractivity contribution in [2.24, 2.45) is 5.92 Å². The summed E-state index contributed by atoms with van der Waals surface area (Å²) in [6, 6.07) is 4.40. The van der Waals surface area contributed by atoms with E-state index in [0.717, 1.165) is 37.0 Å². The van der Waals surface area contributed by atoms with Crippen LogP contribution in [-0.4, -0.2) is 26.2 Å². The number of furan rings is 1. The molecule has 3 heterocycles. The Labute approximate surface area is 132 Å². The summed E-state index contributed by atoms with van der Waals surface area (Å²) in [5.41, 5.74) is -0.0465. The van der Waals surface area contributed by atoms with Crippen LogP contribution in [-0.2, 0) is 12.1 Å². The normalized spacial score (nSPS) is 23.8. The van der Waals surface area contributed by atoms with Crippen LogP contribution >= 0.6 is 0 Å². The third kappa shape index (κ3) is 3.09. The van der Waals surface area contributed by atoms with Crippen molar-refractivity contribution >= 4 is 0 Å². The fourth-order valence-electron chi connectivity index (χ4n) is 3.27. The monoisotopic (exact) mass is 302 g/mol. The molecule has 2 aromatic rings. The van der Waals surface area contributed by atoms with Gasteiger partial charge in [0.2, 0.25) is 0 Å². The summed E-state index contributed by atoms with van der Waals surface area (Å²) in [7, 11) is 0. The van der Waals surface area contributed by atoms with E-state index in [0.29, 0.717) is 6.04 Å². The molecule has 0 saturated carbocycles. The summed E-state index contributed by atoms with van der Waals surface area (Å²) in [6.45, 7) is 10.7. The van der Waals surface area contributed by atoms with E-state index in [2.05, 4.69) is 48.7 Å². The highest BCUT2D eigenvalue weighted by Gasteiger charge is 2.31. The Morgan fingerprint density at radius 3 is 2.86 bits per heavy atom. The standard InChI is InChI=1S/C17H26N4O/c1-13-7-8-20(14(10-13)15-6-5-9-22-15)11-16-18-12-19-21(16)17(2,3)4/h5-6,9,12-14H,7-8,10-11H2,1-4H3/t13-,14+/m1/s1. The first kappa shape index (κ1) is 15.3. The lowest BCUT2D eigenvalue weighted by atomic mass is 9.91. The first-order valence-electron chi connectivity index (χ1n) is 8.12. The van der Waals surface area contributed by atoms with E-state index in [4.69, 9.17) is 4.42 Å². The molecule has 0 spiro atoms. The van der Waals surface area contributed by atoms with Crippen molar-refractivity contribution in [1.29, 1.82) is 0 Å². The molecule has 1 saturated heterocycles. The Kier molecular flexibility index (Phi) is 4.08. The number of piperidine rings is 1. The van der Waals surface area contributed by atoms with E-state index in [-0.39, 0.29) is 5.54 Å². The van der Waals surface area contributed by atoms with Crippen LogP contribution in [0.1, 0.15) is 58.2 Å². The molecule has 0 bridgehead atoms. The molecule has 0 radical (unpaired) electrons. The Morgan fingerprint density at radius 2 is 2.18 bits per heavy atom. The van der Waals surface area contributed by atoms with E-state index in [1.54, 1.807) is 12.6 Å². The number of aromatic nitrogens is 3. The van der Waals surface area contributed by atoms with E-state index in [1.807, 2.05) is 10.7 Å². The first-order chi connectivity index (χ1) is 10.4. The number of nitrogens with zero attached hydrogens (tertiary/aromatic N) is 4. The number of hydrogen-bond donors (Lipinski definition) is 0. The molecular weight excluding hydrogens is 276 g/mol. The molecule has 2 atom stereocenters. The zero-order valence-electron chi connectivity index (χ0n) is 14.0. The van der Waals surface area contributed by atoms with Gasteiger partial charge in [-0.25, -0.2) is 9.67 Å². The van der Waals surface area contributed by atoms with Gasteiger partial charge in [-0.15, -0.1) is 0 Å². The van der Waals surface area contributed by atoms with Crippen LogP contribution in [0.2, 0.25) is 0 Å². The minimum absolute atomic E-state index is 0.0465. The van der Waals surface area contributed by atoms with Crippen LogP contribution in [0, 0.1) is 5.92 Å². The van der Waals surface area contributed by atoms with Crippen molar-refractivity contribution in [1.82, 2.24) is 19.7 Å². The third-order valence-corrected chi connectivity index (χ3v) is 4.45. The summed E-state index contributed by atoms with van der Waals surface area (Å²) < 4.78 is 7.72. The van der Waals surface area contributed by atoms with E-state index < -0.39 is 0 Å². The van der Waals surface area contributed by atoms with Crippen molar-refractivity contribution in [2.75, 3.05) is 6.54 Å². The molecule has 0 aliphatic carbocycles. The molecule has 5 nitrogen and oxygen atoms in total. The summed E-state index contributed by atoms with van der Waals surface area (Å²) in [6.07, 6.45) is 5.79. The molecule has 0 amide bonds. The molecule has 1 fully saturated rings. The highest BCUT2D eigenvalue weighted by Crippen LogP contribution is 2.35. The SMILES string of the molecule is C[C@@H]1CCN(Cc2ncnn2C(C)(C)C)[C@H](c2ccco2)C1. The Balaban J connectivity index is 1.82. The van der Waals surface area contributed by atoms with Gasteiger partial charge in [0.25, 0.3) is 0 Å². The molecular formula is C17H26N4O. The summed E-state index contributed by atoms with van der Waals surface area (Å²) in [5, 5.41) is 4.41. The van der Waals surface area contributed by atoms with Gasteiger partial charge in [0.1, 0.15) is 17.9 Å². The van der Waals surface area contributed by atoms with Gasteiger partial charge in [0.15, 0.2) is 0 Å². The highest BCUT2D eigenvalue weighted by atomic mass is 16.3. The molecule has 0 aromatic carbocycles. The van der Waals surface area contributed by atoms with Gasteiger partial charge in [0.05, 0.1) is 24.4 Å². The van der Waals surface area contributed by atoms with Gasteiger partial charge in [-0.3, -0.25) is 4.90 Å². The van der Waals surface area contributed by atoms with Crippen molar-refractivity contribution in [3.8, 4) is 0 Å². The second kappa shape index (κ2) is 5.88. The van der Waals surface area contributed by atoms with Crippen LogP contribution in [0.4, 0.5) is 0 Å². The smallest absolute Gasteiger partial charge is 0.141 e. The molecule has 2 aromatic heterocycles. The zero-order valence-corrected chi connectivity index (χ0v) is 14.0. The molecule has 120 valence electrons. The van der Waals surface area contributed by atoms with Gasteiger partial charge in [-0.1, -0.05) is 6.92 Å². The maximum atomic E-state index is 5.68. The molecule has 1 aliphatic heterocycles. The highest BCUT2D eigenvalue weighted by molar-refractivity contribution is 5.07. The Hall–Kier alpha value is -1.62. The van der Waals surface area contributed by atoms with Crippen LogP contribution < -0.4 is 0 Å². The Morgan fingerprint density at radius 1 is 1.36 bits per heavy atom. The molecule has 5 heteroatoms. The molecule has 0 N–H and O–H groups in total. The topological polar surface area (TPSA) is 47.1 Å². The lowest BCUT2D eigenvalue weighted by Crippen LogP contribution is -2.37. The van der Waals surface area contributed by atoms with E-state index in [1.165, 1.54) is 6.42 Å². The van der Waals surface area contributed by atoms with Crippen LogP contribution in [0.15, 0.2) is 29.1 Å². The van der Waals surface area contributed by atoms with Gasteiger partial charge in [-0.2, -0.15) is 5.10 Å². The maximum absolute atomic E-state index is 5.68. The lowest BCUT2D eigenvalue weighted by molar-refractivity contribution is 0.0883. The minimum Gasteiger partial charge on any atom is -0.468 e.